The molecule has 0 N–H and O–H groups in total. The number of urea groups is 1. The molecule has 2 aliphatic heterocycles. The van der Waals surface area contributed by atoms with Crippen LogP contribution in [0.2, 0.25) is 5.02 Å². The Balaban J connectivity index is 1.84. The predicted octanol–water partition coefficient (Wildman–Crippen LogP) is 3.27. The SMILES string of the molecule is COc1ccccc1N1C(=O)N(c2ccc(C)c(Cl)c2)[C@@H]2CS(=O)(=O)C[C@@H]21. The number of hydrogen-bond donors (Lipinski definition) is 0. The summed E-state index contributed by atoms with van der Waals surface area (Å²) in [5.41, 5.74) is 2.06. The molecule has 2 amide bonds. The second-order valence-corrected chi connectivity index (χ2v) is 9.40. The Hall–Kier alpha value is -2.25. The van der Waals surface area contributed by atoms with Crippen molar-refractivity contribution >= 4 is 38.8 Å². The van der Waals surface area contributed by atoms with Gasteiger partial charge in [-0.2, -0.15) is 0 Å². The highest BCUT2D eigenvalue weighted by Gasteiger charge is 2.55. The zero-order valence-electron chi connectivity index (χ0n) is 14.9. The summed E-state index contributed by atoms with van der Waals surface area (Å²) in [6.07, 6.45) is 0. The minimum Gasteiger partial charge on any atom is -0.495 e. The first-order valence-electron chi connectivity index (χ1n) is 8.54. The van der Waals surface area contributed by atoms with Crippen molar-refractivity contribution in [2.45, 2.75) is 19.0 Å². The van der Waals surface area contributed by atoms with Gasteiger partial charge in [0.25, 0.3) is 0 Å². The first-order chi connectivity index (χ1) is 12.8. The van der Waals surface area contributed by atoms with E-state index in [1.807, 2.05) is 19.1 Å². The average molecular weight is 407 g/mol. The van der Waals surface area contributed by atoms with E-state index in [0.29, 0.717) is 22.1 Å². The van der Waals surface area contributed by atoms with E-state index in [1.165, 1.54) is 7.11 Å². The Morgan fingerprint density at radius 3 is 2.41 bits per heavy atom. The average Bonchev–Trinajstić information content (AvgIpc) is 3.06. The molecule has 27 heavy (non-hydrogen) atoms. The molecule has 0 bridgehead atoms. The van der Waals surface area contributed by atoms with E-state index in [2.05, 4.69) is 0 Å². The Morgan fingerprint density at radius 2 is 1.74 bits per heavy atom. The fourth-order valence-electron chi connectivity index (χ4n) is 3.85. The van der Waals surface area contributed by atoms with E-state index in [-0.39, 0.29) is 17.5 Å². The van der Waals surface area contributed by atoms with Crippen LogP contribution in [0.4, 0.5) is 16.2 Å². The first-order valence-corrected chi connectivity index (χ1v) is 10.7. The molecule has 142 valence electrons. The van der Waals surface area contributed by atoms with Gasteiger partial charge in [-0.05, 0) is 36.8 Å². The van der Waals surface area contributed by atoms with E-state index in [4.69, 9.17) is 16.3 Å². The molecule has 0 aliphatic carbocycles. The van der Waals surface area contributed by atoms with E-state index in [1.54, 1.807) is 40.1 Å². The fourth-order valence-corrected chi connectivity index (χ4v) is 5.94. The summed E-state index contributed by atoms with van der Waals surface area (Å²) in [5, 5.41) is 0.536. The highest BCUT2D eigenvalue weighted by molar-refractivity contribution is 7.91. The van der Waals surface area contributed by atoms with Gasteiger partial charge in [-0.15, -0.1) is 0 Å². The lowest BCUT2D eigenvalue weighted by Gasteiger charge is -2.24. The summed E-state index contributed by atoms with van der Waals surface area (Å²) in [5.74, 6) is 0.385. The summed E-state index contributed by atoms with van der Waals surface area (Å²) < 4.78 is 30.1. The zero-order valence-corrected chi connectivity index (χ0v) is 16.5. The van der Waals surface area contributed by atoms with Crippen LogP contribution in [0.1, 0.15) is 5.56 Å². The van der Waals surface area contributed by atoms with Crippen LogP contribution in [0.25, 0.3) is 0 Å². The molecule has 0 spiro atoms. The molecule has 0 aromatic heterocycles. The van der Waals surface area contributed by atoms with Crippen molar-refractivity contribution < 1.29 is 17.9 Å². The van der Waals surface area contributed by atoms with Gasteiger partial charge in [-0.3, -0.25) is 9.80 Å². The van der Waals surface area contributed by atoms with E-state index >= 15 is 0 Å². The Labute approximate surface area is 163 Å². The molecule has 2 atom stereocenters. The maximum absolute atomic E-state index is 13.4. The van der Waals surface area contributed by atoms with Gasteiger partial charge in [0.05, 0.1) is 36.4 Å². The van der Waals surface area contributed by atoms with Crippen LogP contribution in [0, 0.1) is 6.92 Å². The number of fused-ring (bicyclic) bond motifs is 1. The lowest BCUT2D eigenvalue weighted by Crippen LogP contribution is -2.38. The van der Waals surface area contributed by atoms with Gasteiger partial charge in [-0.1, -0.05) is 29.8 Å². The van der Waals surface area contributed by atoms with Crippen molar-refractivity contribution in [2.24, 2.45) is 0 Å². The highest BCUT2D eigenvalue weighted by Crippen LogP contribution is 2.41. The summed E-state index contributed by atoms with van der Waals surface area (Å²) in [7, 11) is -1.73. The number of nitrogens with zero attached hydrogens (tertiary/aromatic N) is 2. The predicted molar refractivity (Wildman–Crippen MR) is 106 cm³/mol. The number of halogens is 1. The standard InChI is InChI=1S/C19H19ClN2O4S/c1-12-7-8-13(9-14(12)20)21-16-10-27(24,25)11-17(16)22(19(21)23)15-5-3-4-6-18(15)26-2/h3-9,16-17H,10-11H2,1-2H3/t16-,17+/m1/s1. The topological polar surface area (TPSA) is 66.9 Å². The molecule has 2 heterocycles. The van der Waals surface area contributed by atoms with E-state index < -0.39 is 21.9 Å². The van der Waals surface area contributed by atoms with Gasteiger partial charge >= 0.3 is 6.03 Å². The van der Waals surface area contributed by atoms with Crippen molar-refractivity contribution in [1.29, 1.82) is 0 Å². The van der Waals surface area contributed by atoms with Gasteiger partial charge < -0.3 is 4.74 Å². The van der Waals surface area contributed by atoms with Crippen molar-refractivity contribution in [3.05, 3.63) is 53.1 Å². The third-order valence-corrected chi connectivity index (χ3v) is 7.25. The Kier molecular flexibility index (Phi) is 4.31. The number of para-hydroxylation sites is 2. The number of amides is 2. The van der Waals surface area contributed by atoms with Crippen LogP contribution in [0.3, 0.4) is 0 Å². The largest absolute Gasteiger partial charge is 0.495 e. The molecule has 0 radical (unpaired) electrons. The van der Waals surface area contributed by atoms with Crippen LogP contribution < -0.4 is 14.5 Å². The maximum Gasteiger partial charge on any atom is 0.329 e. The molecule has 0 unspecified atom stereocenters. The number of sulfone groups is 1. The lowest BCUT2D eigenvalue weighted by molar-refractivity contribution is 0.255. The monoisotopic (exact) mass is 406 g/mol. The molecule has 6 nitrogen and oxygen atoms in total. The normalized spacial score (nSPS) is 23.6. The number of carbonyl (C=O) groups is 1. The minimum absolute atomic E-state index is 0.0689. The summed E-state index contributed by atoms with van der Waals surface area (Å²) in [6, 6.07) is 11.3. The van der Waals surface area contributed by atoms with Crippen LogP contribution in [0.15, 0.2) is 42.5 Å². The molecule has 2 aromatic rings. The lowest BCUT2D eigenvalue weighted by atomic mass is 10.1. The fraction of sp³-hybridized carbons (Fsp3) is 0.316. The highest BCUT2D eigenvalue weighted by atomic mass is 35.5. The van der Waals surface area contributed by atoms with Gasteiger partial charge in [-0.25, -0.2) is 13.2 Å². The number of rotatable bonds is 3. The molecular weight excluding hydrogens is 388 g/mol. The molecule has 2 aliphatic rings. The summed E-state index contributed by atoms with van der Waals surface area (Å²) >= 11 is 6.25. The third-order valence-electron chi connectivity index (χ3n) is 5.15. The van der Waals surface area contributed by atoms with Crippen molar-refractivity contribution in [3.8, 4) is 5.75 Å². The Morgan fingerprint density at radius 1 is 1.07 bits per heavy atom. The number of benzene rings is 2. The second kappa shape index (κ2) is 6.42. The molecule has 2 saturated heterocycles. The third kappa shape index (κ3) is 2.95. The Bertz CT molecular complexity index is 1020. The van der Waals surface area contributed by atoms with Crippen molar-refractivity contribution in [3.63, 3.8) is 0 Å². The van der Waals surface area contributed by atoms with Crippen LogP contribution >= 0.6 is 11.6 Å². The van der Waals surface area contributed by atoms with Gasteiger partial charge in [0.1, 0.15) is 5.75 Å². The number of ether oxygens (including phenoxy) is 1. The number of anilines is 2. The molecule has 4 rings (SSSR count). The van der Waals surface area contributed by atoms with Gasteiger partial charge in [0.2, 0.25) is 0 Å². The molecule has 0 saturated carbocycles. The minimum atomic E-state index is -3.26. The van der Waals surface area contributed by atoms with Gasteiger partial charge in [0.15, 0.2) is 9.84 Å². The number of carbonyl (C=O) groups excluding carboxylic acids is 1. The van der Waals surface area contributed by atoms with Crippen molar-refractivity contribution in [1.82, 2.24) is 0 Å². The van der Waals surface area contributed by atoms with Crippen LogP contribution in [0.5, 0.6) is 5.75 Å². The van der Waals surface area contributed by atoms with Gasteiger partial charge in [0, 0.05) is 10.7 Å². The smallest absolute Gasteiger partial charge is 0.329 e. The molecule has 8 heteroatoms. The zero-order chi connectivity index (χ0) is 19.3. The quantitative estimate of drug-likeness (QED) is 0.734. The summed E-state index contributed by atoms with van der Waals surface area (Å²) in [6.45, 7) is 1.88. The number of hydrogen-bond acceptors (Lipinski definition) is 4. The van der Waals surface area contributed by atoms with E-state index in [0.717, 1.165) is 5.56 Å². The maximum atomic E-state index is 13.4. The van der Waals surface area contributed by atoms with Crippen molar-refractivity contribution in [2.75, 3.05) is 28.4 Å². The first kappa shape index (κ1) is 18.1. The second-order valence-electron chi connectivity index (χ2n) is 6.84. The molecule has 2 fully saturated rings. The number of aryl methyl sites for hydroxylation is 1. The summed E-state index contributed by atoms with van der Waals surface area (Å²) in [4.78, 5) is 16.4. The van der Waals surface area contributed by atoms with E-state index in [9.17, 15) is 13.2 Å². The van der Waals surface area contributed by atoms with Crippen LogP contribution in [-0.2, 0) is 9.84 Å². The van der Waals surface area contributed by atoms with Crippen LogP contribution in [-0.4, -0.2) is 45.1 Å². The molecular formula is C19H19ClN2O4S. The number of methoxy groups -OCH3 is 1. The molecule has 2 aromatic carbocycles.